The number of urea groups is 1. The Bertz CT molecular complexity index is 1290. The number of aryl methyl sites for hydroxylation is 1. The number of aliphatic hydroxyl groups is 1. The van der Waals surface area contributed by atoms with Crippen LogP contribution in [0.15, 0.2) is 42.5 Å². The molecule has 0 bridgehead atoms. The van der Waals surface area contributed by atoms with E-state index in [0.717, 1.165) is 5.52 Å². The Kier molecular flexibility index (Phi) is 7.70. The average Bonchev–Trinajstić information content (AvgIpc) is 3.11. The Hall–Kier alpha value is -3.90. The highest BCUT2D eigenvalue weighted by Crippen LogP contribution is 2.28. The molecule has 0 atom stereocenters. The predicted octanol–water partition coefficient (Wildman–Crippen LogP) is 5.11. The summed E-state index contributed by atoms with van der Waals surface area (Å²) in [4.78, 5) is 31.7. The van der Waals surface area contributed by atoms with E-state index in [1.807, 2.05) is 49.6 Å². The maximum atomic E-state index is 12.7. The number of rotatable bonds is 7. The van der Waals surface area contributed by atoms with Crippen LogP contribution in [-0.2, 0) is 11.3 Å². The minimum absolute atomic E-state index is 0.00320. The van der Waals surface area contributed by atoms with Gasteiger partial charge < -0.3 is 19.9 Å². The van der Waals surface area contributed by atoms with E-state index >= 15 is 0 Å². The lowest BCUT2D eigenvalue weighted by atomic mass is 9.91. The van der Waals surface area contributed by atoms with E-state index in [4.69, 9.17) is 5.26 Å². The first-order valence-corrected chi connectivity index (χ1v) is 11.8. The Labute approximate surface area is 211 Å². The number of benzene rings is 2. The largest absolute Gasteiger partial charge is 0.390 e. The lowest BCUT2D eigenvalue weighted by molar-refractivity contribution is -0.120. The van der Waals surface area contributed by atoms with E-state index in [2.05, 4.69) is 15.6 Å². The summed E-state index contributed by atoms with van der Waals surface area (Å²) in [6.07, 6.45) is 0.847. The van der Waals surface area contributed by atoms with Crippen molar-refractivity contribution < 1.29 is 14.7 Å². The summed E-state index contributed by atoms with van der Waals surface area (Å²) in [5, 5.41) is 24.7. The number of nitriles is 1. The summed E-state index contributed by atoms with van der Waals surface area (Å²) in [6, 6.07) is 13.6. The first-order chi connectivity index (χ1) is 16.8. The van der Waals surface area contributed by atoms with Gasteiger partial charge in [0.15, 0.2) is 0 Å². The first kappa shape index (κ1) is 26.7. The van der Waals surface area contributed by atoms with Crippen LogP contribution < -0.4 is 15.5 Å². The van der Waals surface area contributed by atoms with Gasteiger partial charge in [-0.15, -0.1) is 0 Å². The minimum atomic E-state index is -0.905. The van der Waals surface area contributed by atoms with Crippen LogP contribution in [0.3, 0.4) is 0 Å². The second kappa shape index (κ2) is 10.4. The van der Waals surface area contributed by atoms with Crippen LogP contribution in [-0.4, -0.2) is 39.2 Å². The van der Waals surface area contributed by atoms with E-state index in [0.29, 0.717) is 47.8 Å². The number of anilines is 3. The Morgan fingerprint density at radius 3 is 2.33 bits per heavy atom. The molecule has 0 aliphatic heterocycles. The summed E-state index contributed by atoms with van der Waals surface area (Å²) in [7, 11) is 1.74. The maximum absolute atomic E-state index is 12.7. The van der Waals surface area contributed by atoms with Crippen LogP contribution in [0.4, 0.5) is 22.1 Å². The van der Waals surface area contributed by atoms with Gasteiger partial charge in [-0.1, -0.05) is 20.8 Å². The number of amides is 3. The van der Waals surface area contributed by atoms with Gasteiger partial charge in [-0.25, -0.2) is 9.78 Å². The molecule has 2 aromatic carbocycles. The first-order valence-electron chi connectivity index (χ1n) is 11.8. The topological polar surface area (TPSA) is 123 Å². The minimum Gasteiger partial charge on any atom is -0.390 e. The van der Waals surface area contributed by atoms with Crippen LogP contribution in [0.5, 0.6) is 0 Å². The van der Waals surface area contributed by atoms with E-state index < -0.39 is 11.6 Å². The quantitative estimate of drug-likeness (QED) is 0.424. The zero-order valence-corrected chi connectivity index (χ0v) is 21.7. The van der Waals surface area contributed by atoms with Crippen LogP contribution >= 0.6 is 0 Å². The number of hydrogen-bond acceptors (Lipinski definition) is 5. The molecule has 3 N–H and O–H groups in total. The van der Waals surface area contributed by atoms with Crippen molar-refractivity contribution in [2.45, 2.75) is 59.6 Å². The van der Waals surface area contributed by atoms with Crippen molar-refractivity contribution >= 4 is 40.3 Å². The van der Waals surface area contributed by atoms with Gasteiger partial charge in [0.05, 0.1) is 28.3 Å². The molecule has 190 valence electrons. The molecule has 1 aromatic heterocycles. The number of nitrogens with zero attached hydrogens (tertiary/aromatic N) is 4. The number of hydrogen-bond donors (Lipinski definition) is 3. The number of aromatic nitrogens is 2. The number of fused-ring (bicyclic) bond motifs is 1. The highest BCUT2D eigenvalue weighted by atomic mass is 16.3. The highest BCUT2D eigenvalue weighted by molar-refractivity contribution is 6.00. The molecule has 0 aliphatic rings. The monoisotopic (exact) mass is 490 g/mol. The van der Waals surface area contributed by atoms with E-state index in [9.17, 15) is 14.7 Å². The van der Waals surface area contributed by atoms with Crippen LogP contribution in [0.1, 0.15) is 53.0 Å². The smallest absolute Gasteiger partial charge is 0.326 e. The summed E-state index contributed by atoms with van der Waals surface area (Å²) in [5.41, 5.74) is 2.09. The summed E-state index contributed by atoms with van der Waals surface area (Å²) >= 11 is 0. The number of carbonyl (C=O) groups is 2. The number of nitrogens with one attached hydrogen (secondary N) is 2. The van der Waals surface area contributed by atoms with Crippen LogP contribution in [0, 0.1) is 16.7 Å². The molecule has 1 heterocycles. The molecular formula is C27H34N6O3. The van der Waals surface area contributed by atoms with Gasteiger partial charge in [0.1, 0.15) is 0 Å². The third kappa shape index (κ3) is 7.06. The second-order valence-electron chi connectivity index (χ2n) is 10.8. The summed E-state index contributed by atoms with van der Waals surface area (Å²) < 4.78 is 1.84. The van der Waals surface area contributed by atoms with Gasteiger partial charge in [-0.3, -0.25) is 10.1 Å². The Morgan fingerprint density at radius 1 is 1.08 bits per heavy atom. The zero-order chi connectivity index (χ0) is 26.7. The third-order valence-electron chi connectivity index (χ3n) is 5.62. The predicted molar refractivity (Wildman–Crippen MR) is 142 cm³/mol. The molecule has 0 saturated carbocycles. The molecule has 0 saturated heterocycles. The van der Waals surface area contributed by atoms with Crippen molar-refractivity contribution in [3.8, 4) is 6.07 Å². The number of carbonyl (C=O) groups excluding carboxylic acids is 2. The van der Waals surface area contributed by atoms with Crippen LogP contribution in [0.25, 0.3) is 11.0 Å². The van der Waals surface area contributed by atoms with Gasteiger partial charge >= 0.3 is 6.03 Å². The fourth-order valence-electron chi connectivity index (χ4n) is 3.64. The fourth-order valence-corrected chi connectivity index (χ4v) is 3.64. The van der Waals surface area contributed by atoms with Crippen LogP contribution in [0.2, 0.25) is 0 Å². The second-order valence-corrected chi connectivity index (χ2v) is 10.8. The molecule has 0 radical (unpaired) electrons. The van der Waals surface area contributed by atoms with Gasteiger partial charge in [-0.2, -0.15) is 5.26 Å². The fraction of sp³-hybridized carbons (Fsp3) is 0.407. The molecule has 3 amide bonds. The normalized spacial score (nSPS) is 11.7. The third-order valence-corrected chi connectivity index (χ3v) is 5.62. The SMILES string of the molecule is CN(C(=O)CC(C)(C)C)c1ccc2c(c1)nc(NC(=O)Nc1ccc(C#N)cc1)n2CCC(C)(C)O. The van der Waals surface area contributed by atoms with Crippen molar-refractivity contribution in [1.29, 1.82) is 5.26 Å². The van der Waals surface area contributed by atoms with Crippen molar-refractivity contribution in [1.82, 2.24) is 9.55 Å². The molecule has 0 aliphatic carbocycles. The molecule has 0 fully saturated rings. The molecular weight excluding hydrogens is 456 g/mol. The van der Waals surface area contributed by atoms with Crippen molar-refractivity contribution in [2.75, 3.05) is 22.6 Å². The van der Waals surface area contributed by atoms with Gasteiger partial charge in [-0.05, 0) is 68.1 Å². The maximum Gasteiger partial charge on any atom is 0.326 e. The van der Waals surface area contributed by atoms with Gasteiger partial charge in [0, 0.05) is 31.4 Å². The summed E-state index contributed by atoms with van der Waals surface area (Å²) in [6.45, 7) is 9.94. The highest BCUT2D eigenvalue weighted by Gasteiger charge is 2.22. The molecule has 3 rings (SSSR count). The lowest BCUT2D eigenvalue weighted by Gasteiger charge is -2.23. The Morgan fingerprint density at radius 2 is 1.75 bits per heavy atom. The van der Waals surface area contributed by atoms with Gasteiger partial charge in [0.25, 0.3) is 0 Å². The van der Waals surface area contributed by atoms with Crippen molar-refractivity contribution in [3.05, 3.63) is 48.0 Å². The standard InChI is InChI=1S/C27H34N6O3/c1-26(2,3)16-23(34)32(6)20-11-12-22-21(15-20)30-24(33(22)14-13-27(4,5)36)31-25(35)29-19-9-7-18(17-28)8-10-19/h7-12,15,36H,13-14,16H2,1-6H3,(H2,29,30,31,35). The molecule has 9 nitrogen and oxygen atoms in total. The molecule has 0 unspecified atom stereocenters. The molecule has 36 heavy (non-hydrogen) atoms. The van der Waals surface area contributed by atoms with Crippen molar-refractivity contribution in [2.24, 2.45) is 5.41 Å². The summed E-state index contributed by atoms with van der Waals surface area (Å²) in [5.74, 6) is 0.324. The molecule has 0 spiro atoms. The zero-order valence-electron chi connectivity index (χ0n) is 21.7. The van der Waals surface area contributed by atoms with E-state index in [1.165, 1.54) is 0 Å². The number of imidazole rings is 1. The van der Waals surface area contributed by atoms with Gasteiger partial charge in [0.2, 0.25) is 11.9 Å². The lowest BCUT2D eigenvalue weighted by Crippen LogP contribution is -2.29. The van der Waals surface area contributed by atoms with E-state index in [-0.39, 0.29) is 11.3 Å². The molecule has 3 aromatic rings. The average molecular weight is 491 g/mol. The van der Waals surface area contributed by atoms with E-state index in [1.54, 1.807) is 50.1 Å². The van der Waals surface area contributed by atoms with Crippen molar-refractivity contribution in [3.63, 3.8) is 0 Å². The molecule has 9 heteroatoms. The Balaban J connectivity index is 1.89.